The number of methoxy groups -OCH3 is 2. The third kappa shape index (κ3) is 3.71. The second kappa shape index (κ2) is 7.27. The Balaban J connectivity index is 2.19. The van der Waals surface area contributed by atoms with Crippen molar-refractivity contribution in [3.05, 3.63) is 53.9 Å². The van der Waals surface area contributed by atoms with Crippen molar-refractivity contribution in [1.29, 1.82) is 5.26 Å². The standard InChI is InChI=1S/C16H17N3O2/c1-20-13-3-4-16(21-2)14(9-13)15(10-17)19-11-12-5-7-18-8-6-12/h3-9,15,19H,11H2,1-2H3. The van der Waals surface area contributed by atoms with Crippen LogP contribution in [0.5, 0.6) is 11.5 Å². The molecule has 108 valence electrons. The van der Waals surface area contributed by atoms with Crippen LogP contribution in [0.15, 0.2) is 42.7 Å². The number of hydrogen-bond acceptors (Lipinski definition) is 5. The van der Waals surface area contributed by atoms with Gasteiger partial charge in [-0.25, -0.2) is 0 Å². The Morgan fingerprint density at radius 3 is 2.57 bits per heavy atom. The van der Waals surface area contributed by atoms with Crippen molar-refractivity contribution in [2.24, 2.45) is 0 Å². The molecule has 0 bridgehead atoms. The molecule has 5 heteroatoms. The second-order valence-electron chi connectivity index (χ2n) is 4.41. The third-order valence-electron chi connectivity index (χ3n) is 3.14. The van der Waals surface area contributed by atoms with E-state index in [2.05, 4.69) is 16.4 Å². The van der Waals surface area contributed by atoms with Crippen LogP contribution in [0.4, 0.5) is 0 Å². The number of aromatic nitrogens is 1. The number of rotatable bonds is 6. The summed E-state index contributed by atoms with van der Waals surface area (Å²) in [5, 5.41) is 12.6. The normalized spacial score (nSPS) is 11.5. The van der Waals surface area contributed by atoms with Gasteiger partial charge in [-0.15, -0.1) is 0 Å². The second-order valence-corrected chi connectivity index (χ2v) is 4.41. The summed E-state index contributed by atoms with van der Waals surface area (Å²) < 4.78 is 10.5. The smallest absolute Gasteiger partial charge is 0.125 e. The fourth-order valence-electron chi connectivity index (χ4n) is 2.01. The average Bonchev–Trinajstić information content (AvgIpc) is 2.56. The van der Waals surface area contributed by atoms with Crippen LogP contribution in [-0.4, -0.2) is 19.2 Å². The van der Waals surface area contributed by atoms with E-state index in [-0.39, 0.29) is 0 Å². The van der Waals surface area contributed by atoms with E-state index in [1.165, 1.54) is 0 Å². The highest BCUT2D eigenvalue weighted by atomic mass is 16.5. The van der Waals surface area contributed by atoms with Crippen LogP contribution in [0.1, 0.15) is 17.2 Å². The van der Waals surface area contributed by atoms with Gasteiger partial charge in [0.2, 0.25) is 0 Å². The Morgan fingerprint density at radius 2 is 1.95 bits per heavy atom. The minimum atomic E-state index is -0.483. The zero-order valence-electron chi connectivity index (χ0n) is 12.0. The predicted molar refractivity (Wildman–Crippen MR) is 79.0 cm³/mol. The first-order valence-corrected chi connectivity index (χ1v) is 6.52. The molecule has 0 fully saturated rings. The Bertz CT molecular complexity index is 623. The minimum Gasteiger partial charge on any atom is -0.497 e. The third-order valence-corrected chi connectivity index (χ3v) is 3.14. The maximum atomic E-state index is 9.42. The monoisotopic (exact) mass is 283 g/mol. The number of hydrogen-bond donors (Lipinski definition) is 1. The summed E-state index contributed by atoms with van der Waals surface area (Å²) in [6.45, 7) is 0.571. The highest BCUT2D eigenvalue weighted by Crippen LogP contribution is 2.29. The Kier molecular flexibility index (Phi) is 5.13. The first-order chi connectivity index (χ1) is 10.3. The molecule has 0 radical (unpaired) electrons. The van der Waals surface area contributed by atoms with E-state index in [0.29, 0.717) is 18.0 Å². The van der Waals surface area contributed by atoms with Gasteiger partial charge in [0.1, 0.15) is 17.5 Å². The van der Waals surface area contributed by atoms with E-state index in [1.807, 2.05) is 18.2 Å². The van der Waals surface area contributed by atoms with Crippen LogP contribution in [-0.2, 0) is 6.54 Å². The van der Waals surface area contributed by atoms with Gasteiger partial charge in [0, 0.05) is 24.5 Å². The number of benzene rings is 1. The fourth-order valence-corrected chi connectivity index (χ4v) is 2.01. The van der Waals surface area contributed by atoms with Gasteiger partial charge in [0.05, 0.1) is 20.3 Å². The van der Waals surface area contributed by atoms with Crippen molar-refractivity contribution in [3.8, 4) is 17.6 Å². The molecule has 1 heterocycles. The first-order valence-electron chi connectivity index (χ1n) is 6.52. The lowest BCUT2D eigenvalue weighted by Crippen LogP contribution is -2.20. The molecule has 0 aliphatic carbocycles. The zero-order valence-corrected chi connectivity index (χ0v) is 12.0. The largest absolute Gasteiger partial charge is 0.497 e. The summed E-state index contributed by atoms with van der Waals surface area (Å²) in [5.74, 6) is 1.35. The molecule has 21 heavy (non-hydrogen) atoms. The lowest BCUT2D eigenvalue weighted by atomic mass is 10.1. The van der Waals surface area contributed by atoms with Crippen molar-refractivity contribution in [2.75, 3.05) is 14.2 Å². The van der Waals surface area contributed by atoms with Gasteiger partial charge in [0.15, 0.2) is 0 Å². The van der Waals surface area contributed by atoms with E-state index < -0.39 is 6.04 Å². The van der Waals surface area contributed by atoms with Gasteiger partial charge in [0.25, 0.3) is 0 Å². The molecule has 1 N–H and O–H groups in total. The number of pyridine rings is 1. The summed E-state index contributed by atoms with van der Waals surface area (Å²) in [6, 6.07) is 11.0. The lowest BCUT2D eigenvalue weighted by molar-refractivity contribution is 0.394. The van der Waals surface area contributed by atoms with Crippen molar-refractivity contribution in [3.63, 3.8) is 0 Å². The first kappa shape index (κ1) is 14.8. The highest BCUT2D eigenvalue weighted by Gasteiger charge is 2.16. The van der Waals surface area contributed by atoms with Gasteiger partial charge in [-0.2, -0.15) is 5.26 Å². The van der Waals surface area contributed by atoms with Gasteiger partial charge in [-0.05, 0) is 35.9 Å². The Hall–Kier alpha value is -2.58. The number of nitrogens with zero attached hydrogens (tertiary/aromatic N) is 2. The molecule has 0 saturated carbocycles. The topological polar surface area (TPSA) is 67.2 Å². The summed E-state index contributed by atoms with van der Waals surface area (Å²) in [6.07, 6.45) is 3.45. The van der Waals surface area contributed by atoms with Gasteiger partial charge >= 0.3 is 0 Å². The van der Waals surface area contributed by atoms with Crippen molar-refractivity contribution >= 4 is 0 Å². The molecule has 1 aromatic heterocycles. The van der Waals surface area contributed by atoms with E-state index in [4.69, 9.17) is 9.47 Å². The van der Waals surface area contributed by atoms with Crippen LogP contribution in [0, 0.1) is 11.3 Å². The summed E-state index contributed by atoms with van der Waals surface area (Å²) in [7, 11) is 3.18. The molecular weight excluding hydrogens is 266 g/mol. The van der Waals surface area contributed by atoms with Crippen LogP contribution < -0.4 is 14.8 Å². The molecule has 1 unspecified atom stereocenters. The average molecular weight is 283 g/mol. The van der Waals surface area contributed by atoms with Gasteiger partial charge in [-0.1, -0.05) is 0 Å². The van der Waals surface area contributed by atoms with E-state index in [1.54, 1.807) is 38.7 Å². The molecule has 2 aromatic rings. The minimum absolute atomic E-state index is 0.483. The van der Waals surface area contributed by atoms with Crippen LogP contribution in [0.2, 0.25) is 0 Å². The molecule has 0 amide bonds. The molecule has 0 aliphatic rings. The number of nitrogens with one attached hydrogen (secondary N) is 1. The number of ether oxygens (including phenoxy) is 2. The molecule has 1 aromatic carbocycles. The summed E-state index contributed by atoms with van der Waals surface area (Å²) in [4.78, 5) is 3.97. The lowest BCUT2D eigenvalue weighted by Gasteiger charge is -2.16. The molecule has 2 rings (SSSR count). The maximum Gasteiger partial charge on any atom is 0.125 e. The summed E-state index contributed by atoms with van der Waals surface area (Å²) in [5.41, 5.74) is 1.82. The SMILES string of the molecule is COc1ccc(OC)c(C(C#N)NCc2ccncc2)c1. The van der Waals surface area contributed by atoms with E-state index in [0.717, 1.165) is 11.1 Å². The maximum absolute atomic E-state index is 9.42. The molecule has 0 spiro atoms. The van der Waals surface area contributed by atoms with Crippen LogP contribution >= 0.6 is 0 Å². The fraction of sp³-hybridized carbons (Fsp3) is 0.250. The van der Waals surface area contributed by atoms with Gasteiger partial charge in [-0.3, -0.25) is 10.3 Å². The highest BCUT2D eigenvalue weighted by molar-refractivity contribution is 5.44. The van der Waals surface area contributed by atoms with Crippen molar-refractivity contribution in [2.45, 2.75) is 12.6 Å². The Labute approximate surface area is 124 Å². The molecule has 5 nitrogen and oxygen atoms in total. The molecule has 0 saturated heterocycles. The quantitative estimate of drug-likeness (QED) is 0.882. The molecule has 0 aliphatic heterocycles. The zero-order chi connectivity index (χ0) is 15.1. The van der Waals surface area contributed by atoms with Crippen LogP contribution in [0.3, 0.4) is 0 Å². The van der Waals surface area contributed by atoms with Crippen LogP contribution in [0.25, 0.3) is 0 Å². The van der Waals surface area contributed by atoms with Gasteiger partial charge < -0.3 is 9.47 Å². The summed E-state index contributed by atoms with van der Waals surface area (Å²) >= 11 is 0. The van der Waals surface area contributed by atoms with Crippen molar-refractivity contribution < 1.29 is 9.47 Å². The molecular formula is C16H17N3O2. The number of nitriles is 1. The Morgan fingerprint density at radius 1 is 1.19 bits per heavy atom. The van der Waals surface area contributed by atoms with E-state index >= 15 is 0 Å². The van der Waals surface area contributed by atoms with Crippen molar-refractivity contribution in [1.82, 2.24) is 10.3 Å². The van der Waals surface area contributed by atoms with E-state index in [9.17, 15) is 5.26 Å². The molecule has 1 atom stereocenters. The predicted octanol–water partition coefficient (Wildman–Crippen LogP) is 2.45.